The molecule has 1 aromatic carbocycles. The molecule has 0 bridgehead atoms. The number of benzene rings is 1. The fourth-order valence-electron chi connectivity index (χ4n) is 2.18. The Balaban J connectivity index is 2.21. The second kappa shape index (κ2) is 3.22. The van der Waals surface area contributed by atoms with Gasteiger partial charge in [0.1, 0.15) is 5.76 Å². The van der Waals surface area contributed by atoms with Gasteiger partial charge in [0.25, 0.3) is 0 Å². The molecule has 3 nitrogen and oxygen atoms in total. The van der Waals surface area contributed by atoms with Crippen LogP contribution in [0.1, 0.15) is 17.2 Å². The fourth-order valence-corrected chi connectivity index (χ4v) is 3.99. The predicted molar refractivity (Wildman–Crippen MR) is 59.0 cm³/mol. The standard InChI is InChI=1S/C12H10O3S/c13-16(14)8-10(11-5-3-7-15-11)9-4-1-2-6-12(9)16/h1-7,10H,8H2. The van der Waals surface area contributed by atoms with E-state index in [1.54, 1.807) is 24.5 Å². The third kappa shape index (κ3) is 1.30. The molecule has 1 aliphatic rings. The molecule has 0 saturated heterocycles. The lowest BCUT2D eigenvalue weighted by atomic mass is 9.99. The molecule has 1 unspecified atom stereocenters. The molecule has 4 heteroatoms. The SMILES string of the molecule is O=S1(=O)CC(c2ccco2)c2ccccc21. The van der Waals surface area contributed by atoms with Crippen molar-refractivity contribution in [3.8, 4) is 0 Å². The van der Waals surface area contributed by atoms with Crippen molar-refractivity contribution in [3.63, 3.8) is 0 Å². The molecule has 82 valence electrons. The van der Waals surface area contributed by atoms with E-state index in [0.29, 0.717) is 10.7 Å². The summed E-state index contributed by atoms with van der Waals surface area (Å²) in [5, 5.41) is 0. The number of rotatable bonds is 1. The Labute approximate surface area is 93.6 Å². The van der Waals surface area contributed by atoms with Crippen LogP contribution < -0.4 is 0 Å². The average molecular weight is 234 g/mol. The number of fused-ring (bicyclic) bond motifs is 1. The van der Waals surface area contributed by atoms with Crippen molar-refractivity contribution < 1.29 is 12.8 Å². The summed E-state index contributed by atoms with van der Waals surface area (Å²) in [4.78, 5) is 0.441. The van der Waals surface area contributed by atoms with E-state index in [9.17, 15) is 8.42 Å². The van der Waals surface area contributed by atoms with Crippen molar-refractivity contribution >= 4 is 9.84 Å². The minimum absolute atomic E-state index is 0.111. The summed E-state index contributed by atoms with van der Waals surface area (Å²) in [6.45, 7) is 0. The second-order valence-electron chi connectivity index (χ2n) is 3.89. The molecule has 2 aromatic rings. The van der Waals surface area contributed by atoms with Gasteiger partial charge < -0.3 is 4.42 Å². The van der Waals surface area contributed by atoms with Crippen LogP contribution >= 0.6 is 0 Å². The molecular weight excluding hydrogens is 224 g/mol. The quantitative estimate of drug-likeness (QED) is 0.760. The lowest BCUT2D eigenvalue weighted by Crippen LogP contribution is -2.03. The van der Waals surface area contributed by atoms with Crippen LogP contribution in [0, 0.1) is 0 Å². The van der Waals surface area contributed by atoms with Gasteiger partial charge in [0.15, 0.2) is 9.84 Å². The Bertz CT molecular complexity index is 611. The average Bonchev–Trinajstić information content (AvgIpc) is 2.86. The zero-order valence-corrected chi connectivity index (χ0v) is 9.28. The fraction of sp³-hybridized carbons (Fsp3) is 0.167. The van der Waals surface area contributed by atoms with Gasteiger partial charge >= 0.3 is 0 Å². The number of hydrogen-bond acceptors (Lipinski definition) is 3. The van der Waals surface area contributed by atoms with Gasteiger partial charge in [-0.15, -0.1) is 0 Å². The lowest BCUT2D eigenvalue weighted by Gasteiger charge is -2.05. The van der Waals surface area contributed by atoms with Crippen molar-refractivity contribution in [2.75, 3.05) is 5.75 Å². The first kappa shape index (κ1) is 9.66. The van der Waals surface area contributed by atoms with Crippen LogP contribution in [0.4, 0.5) is 0 Å². The van der Waals surface area contributed by atoms with Crippen molar-refractivity contribution in [2.24, 2.45) is 0 Å². The molecular formula is C12H10O3S. The van der Waals surface area contributed by atoms with Crippen LogP contribution in [-0.4, -0.2) is 14.2 Å². The van der Waals surface area contributed by atoms with Gasteiger partial charge in [-0.1, -0.05) is 18.2 Å². The summed E-state index contributed by atoms with van der Waals surface area (Å²) in [6, 6.07) is 10.7. The maximum Gasteiger partial charge on any atom is 0.179 e. The van der Waals surface area contributed by atoms with Gasteiger partial charge in [-0.25, -0.2) is 8.42 Å². The first-order valence-electron chi connectivity index (χ1n) is 5.03. The van der Waals surface area contributed by atoms with Crippen LogP contribution in [0.5, 0.6) is 0 Å². The summed E-state index contributed by atoms with van der Waals surface area (Å²) in [7, 11) is -3.14. The minimum Gasteiger partial charge on any atom is -0.469 e. The number of sulfone groups is 1. The minimum atomic E-state index is -3.14. The molecule has 0 aliphatic carbocycles. The Morgan fingerprint density at radius 1 is 1.12 bits per heavy atom. The molecule has 0 fully saturated rings. The molecule has 0 spiro atoms. The van der Waals surface area contributed by atoms with Crippen molar-refractivity contribution in [1.29, 1.82) is 0 Å². The van der Waals surface area contributed by atoms with Gasteiger partial charge in [-0.2, -0.15) is 0 Å². The highest BCUT2D eigenvalue weighted by atomic mass is 32.2. The first-order chi connectivity index (χ1) is 7.68. The molecule has 1 atom stereocenters. The van der Waals surface area contributed by atoms with Crippen molar-refractivity contribution in [3.05, 3.63) is 54.0 Å². The van der Waals surface area contributed by atoms with Crippen LogP contribution in [0.15, 0.2) is 52.0 Å². The lowest BCUT2D eigenvalue weighted by molar-refractivity contribution is 0.496. The van der Waals surface area contributed by atoms with Gasteiger partial charge in [0.05, 0.1) is 22.8 Å². The van der Waals surface area contributed by atoms with Crippen LogP contribution in [-0.2, 0) is 9.84 Å². The summed E-state index contributed by atoms with van der Waals surface area (Å²) >= 11 is 0. The van der Waals surface area contributed by atoms with E-state index in [1.807, 2.05) is 18.2 Å². The Hall–Kier alpha value is -1.55. The number of furan rings is 1. The molecule has 1 aromatic heterocycles. The third-order valence-corrected chi connectivity index (χ3v) is 4.72. The molecule has 1 aliphatic heterocycles. The van der Waals surface area contributed by atoms with Crippen molar-refractivity contribution in [1.82, 2.24) is 0 Å². The highest BCUT2D eigenvalue weighted by Crippen LogP contribution is 2.38. The van der Waals surface area contributed by atoms with E-state index in [2.05, 4.69) is 0 Å². The van der Waals surface area contributed by atoms with Gasteiger partial charge in [0, 0.05) is 0 Å². The van der Waals surface area contributed by atoms with Gasteiger partial charge in [-0.3, -0.25) is 0 Å². The molecule has 0 N–H and O–H groups in total. The molecule has 2 heterocycles. The normalized spacial score (nSPS) is 21.9. The highest BCUT2D eigenvalue weighted by molar-refractivity contribution is 7.91. The Kier molecular flexibility index (Phi) is 1.94. The molecule has 3 rings (SSSR count). The van der Waals surface area contributed by atoms with Gasteiger partial charge in [0.2, 0.25) is 0 Å². The molecule has 16 heavy (non-hydrogen) atoms. The van der Waals surface area contributed by atoms with E-state index in [4.69, 9.17) is 4.42 Å². The zero-order valence-electron chi connectivity index (χ0n) is 8.46. The molecule has 0 saturated carbocycles. The highest BCUT2D eigenvalue weighted by Gasteiger charge is 2.36. The second-order valence-corrected chi connectivity index (χ2v) is 5.89. The maximum absolute atomic E-state index is 11.9. The van der Waals surface area contributed by atoms with Crippen LogP contribution in [0.2, 0.25) is 0 Å². The molecule has 0 amide bonds. The predicted octanol–water partition coefficient (Wildman–Crippen LogP) is 2.20. The van der Waals surface area contributed by atoms with Crippen molar-refractivity contribution in [2.45, 2.75) is 10.8 Å². The van der Waals surface area contributed by atoms with E-state index in [1.165, 1.54) is 0 Å². The summed E-state index contributed by atoms with van der Waals surface area (Å²) in [5.74, 6) is 0.671. The third-order valence-electron chi connectivity index (χ3n) is 2.90. The van der Waals surface area contributed by atoms with E-state index < -0.39 is 9.84 Å². The van der Waals surface area contributed by atoms with E-state index in [-0.39, 0.29) is 11.7 Å². The largest absolute Gasteiger partial charge is 0.469 e. The summed E-state index contributed by atoms with van der Waals surface area (Å²) in [6.07, 6.45) is 1.57. The summed E-state index contributed by atoms with van der Waals surface area (Å²) < 4.78 is 29.1. The van der Waals surface area contributed by atoms with Crippen LogP contribution in [0.25, 0.3) is 0 Å². The molecule has 0 radical (unpaired) electrons. The van der Waals surface area contributed by atoms with Crippen LogP contribution in [0.3, 0.4) is 0 Å². The monoisotopic (exact) mass is 234 g/mol. The number of hydrogen-bond donors (Lipinski definition) is 0. The maximum atomic E-state index is 11.9. The Morgan fingerprint density at radius 3 is 2.69 bits per heavy atom. The van der Waals surface area contributed by atoms with E-state index >= 15 is 0 Å². The Morgan fingerprint density at radius 2 is 1.94 bits per heavy atom. The smallest absolute Gasteiger partial charge is 0.179 e. The zero-order chi connectivity index (χ0) is 11.2. The topological polar surface area (TPSA) is 47.3 Å². The van der Waals surface area contributed by atoms with Gasteiger partial charge in [-0.05, 0) is 23.8 Å². The summed E-state index contributed by atoms with van der Waals surface area (Å²) in [5.41, 5.74) is 0.845. The van der Waals surface area contributed by atoms with E-state index in [0.717, 1.165) is 5.56 Å². The first-order valence-corrected chi connectivity index (χ1v) is 6.69.